The van der Waals surface area contributed by atoms with Crippen molar-refractivity contribution in [1.82, 2.24) is 21.3 Å². The van der Waals surface area contributed by atoms with Gasteiger partial charge in [-0.3, -0.25) is 25.2 Å². The van der Waals surface area contributed by atoms with Crippen LogP contribution in [0, 0.1) is 0 Å². The maximum Gasteiger partial charge on any atom is 0.414 e. The van der Waals surface area contributed by atoms with Crippen molar-refractivity contribution in [2.45, 2.75) is 57.7 Å². The molecule has 0 aliphatic heterocycles. The molecule has 4 N–H and O–H groups in total. The number of hydrogen-bond acceptors (Lipinski definition) is 13. The summed E-state index contributed by atoms with van der Waals surface area (Å²) in [6.45, 7) is 11.4. The number of alkyl carbamates (subject to hydrolysis) is 3. The first-order valence-corrected chi connectivity index (χ1v) is 17.8. The zero-order valence-electron chi connectivity index (χ0n) is 32.0. The van der Waals surface area contributed by atoms with Crippen molar-refractivity contribution in [3.05, 3.63) is 109 Å². The second-order valence-electron chi connectivity index (χ2n) is 12.8. The Bertz CT molecular complexity index is 1630. The van der Waals surface area contributed by atoms with E-state index in [0.717, 1.165) is 11.6 Å². The number of hydrogen-bond donors (Lipinski definition) is 4. The van der Waals surface area contributed by atoms with Gasteiger partial charge in [0.15, 0.2) is 12.4 Å². The summed E-state index contributed by atoms with van der Waals surface area (Å²) in [7, 11) is 0. The quantitative estimate of drug-likeness (QED) is 0.0201. The molecule has 0 bridgehead atoms. The Morgan fingerprint density at radius 3 is 1.98 bits per heavy atom. The number of ketones is 1. The van der Waals surface area contributed by atoms with Crippen molar-refractivity contribution in [1.29, 1.82) is 0 Å². The number of carbonyl (C=O) groups is 6. The molecule has 2 rings (SSSR count). The molecular formula is C40H51N5O11. The van der Waals surface area contributed by atoms with E-state index in [1.54, 1.807) is 51.1 Å². The zero-order chi connectivity index (χ0) is 41.2. The van der Waals surface area contributed by atoms with Gasteiger partial charge >= 0.3 is 30.2 Å². The third-order valence-corrected chi connectivity index (χ3v) is 6.98. The van der Waals surface area contributed by atoms with Gasteiger partial charge in [-0.25, -0.2) is 19.2 Å². The second kappa shape index (κ2) is 25.7. The predicted molar refractivity (Wildman–Crippen MR) is 208 cm³/mol. The Morgan fingerprint density at radius 1 is 0.786 bits per heavy atom. The summed E-state index contributed by atoms with van der Waals surface area (Å²) in [6.07, 6.45) is 3.39. The fourth-order valence-corrected chi connectivity index (χ4v) is 4.53. The largest absolute Gasteiger partial charge is 0.460 e. The summed E-state index contributed by atoms with van der Waals surface area (Å²) in [4.78, 5) is 79.0. The van der Waals surface area contributed by atoms with Gasteiger partial charge in [0.05, 0.1) is 0 Å². The molecule has 56 heavy (non-hydrogen) atoms. The molecule has 0 heterocycles. The lowest BCUT2D eigenvalue weighted by atomic mass is 10.0. The molecule has 0 saturated carbocycles. The van der Waals surface area contributed by atoms with Gasteiger partial charge in [0.2, 0.25) is 5.96 Å². The van der Waals surface area contributed by atoms with Gasteiger partial charge in [0.25, 0.3) is 0 Å². The van der Waals surface area contributed by atoms with Gasteiger partial charge < -0.3 is 34.3 Å². The minimum absolute atomic E-state index is 0.0152. The Labute approximate surface area is 326 Å². The van der Waals surface area contributed by atoms with Crippen LogP contribution in [0.4, 0.5) is 14.4 Å². The first kappa shape index (κ1) is 45.9. The molecule has 0 fully saturated rings. The summed E-state index contributed by atoms with van der Waals surface area (Å²) in [5.74, 6) is -2.11. The zero-order valence-corrected chi connectivity index (χ0v) is 32.0. The topological polar surface area (TPSA) is 209 Å². The van der Waals surface area contributed by atoms with Crippen molar-refractivity contribution in [2.75, 3.05) is 39.5 Å². The van der Waals surface area contributed by atoms with E-state index in [9.17, 15) is 28.8 Å². The molecular weight excluding hydrogens is 726 g/mol. The fourth-order valence-electron chi connectivity index (χ4n) is 4.53. The maximum absolute atomic E-state index is 13.4. The van der Waals surface area contributed by atoms with Crippen LogP contribution in [-0.2, 0) is 39.7 Å². The van der Waals surface area contributed by atoms with E-state index < -0.39 is 54.5 Å². The predicted octanol–water partition coefficient (Wildman–Crippen LogP) is 4.57. The van der Waals surface area contributed by atoms with Crippen LogP contribution >= 0.6 is 0 Å². The van der Waals surface area contributed by atoms with Crippen molar-refractivity contribution in [3.63, 3.8) is 0 Å². The maximum atomic E-state index is 13.4. The minimum atomic E-state index is -0.938. The second-order valence-corrected chi connectivity index (χ2v) is 12.8. The molecule has 302 valence electrons. The number of guanidine groups is 1. The lowest BCUT2D eigenvalue weighted by Crippen LogP contribution is -2.49. The molecule has 0 aromatic heterocycles. The fraction of sp³-hybridized carbons (Fsp3) is 0.375. The van der Waals surface area contributed by atoms with E-state index in [1.165, 1.54) is 18.2 Å². The summed E-state index contributed by atoms with van der Waals surface area (Å²) in [5.41, 5.74) is 0.583. The SMILES string of the molecule is C=CCOC(=O)NC(=NCCC[C@H](NC[C@H](Cc1ccccc1)NC(=O)OC(C)(C)C)C(=O)OC/C=C/C(=O)OCC(=O)c1ccccc1)NC(=O)OCC=C. The smallest absolute Gasteiger partial charge is 0.414 e. The Kier molecular flexibility index (Phi) is 21.0. The number of aliphatic imine (C=N–C) groups is 1. The molecule has 0 saturated heterocycles. The molecule has 0 radical (unpaired) electrons. The highest BCUT2D eigenvalue weighted by molar-refractivity contribution is 6.01. The highest BCUT2D eigenvalue weighted by Gasteiger charge is 2.24. The molecule has 2 atom stereocenters. The van der Waals surface area contributed by atoms with Gasteiger partial charge in [0, 0.05) is 30.8 Å². The van der Waals surface area contributed by atoms with E-state index in [-0.39, 0.29) is 57.5 Å². The normalized spacial score (nSPS) is 11.8. The number of benzene rings is 2. The first-order valence-electron chi connectivity index (χ1n) is 17.8. The summed E-state index contributed by atoms with van der Waals surface area (Å²) in [6, 6.07) is 16.3. The highest BCUT2D eigenvalue weighted by atomic mass is 16.6. The van der Waals surface area contributed by atoms with Crippen LogP contribution in [0.15, 0.2) is 103 Å². The van der Waals surface area contributed by atoms with Crippen molar-refractivity contribution in [2.24, 2.45) is 4.99 Å². The summed E-state index contributed by atoms with van der Waals surface area (Å²) in [5, 5.41) is 10.6. The lowest BCUT2D eigenvalue weighted by Gasteiger charge is -2.25. The number of amides is 3. The number of rotatable bonds is 21. The molecule has 16 heteroatoms. The van der Waals surface area contributed by atoms with E-state index in [0.29, 0.717) is 12.0 Å². The number of carbonyl (C=O) groups excluding carboxylic acids is 6. The summed E-state index contributed by atoms with van der Waals surface area (Å²) < 4.78 is 25.7. The van der Waals surface area contributed by atoms with Gasteiger partial charge in [0.1, 0.15) is 31.5 Å². The Balaban J connectivity index is 2.15. The number of Topliss-reactive ketones (excluding diaryl/α,β-unsaturated/α-hetero) is 1. The van der Waals surface area contributed by atoms with Crippen LogP contribution < -0.4 is 21.3 Å². The molecule has 0 aliphatic rings. The molecule has 3 amide bonds. The molecule has 16 nitrogen and oxygen atoms in total. The van der Waals surface area contributed by atoms with E-state index in [2.05, 4.69) is 39.4 Å². The van der Waals surface area contributed by atoms with E-state index in [4.69, 9.17) is 23.7 Å². The third-order valence-electron chi connectivity index (χ3n) is 6.98. The van der Waals surface area contributed by atoms with Gasteiger partial charge in [-0.1, -0.05) is 86.0 Å². The molecule has 2 aromatic carbocycles. The van der Waals surface area contributed by atoms with Crippen LogP contribution in [0.1, 0.15) is 49.5 Å². The molecule has 2 aromatic rings. The number of ether oxygens (including phenoxy) is 5. The molecule has 0 unspecified atom stereocenters. The van der Waals surface area contributed by atoms with Crippen molar-refractivity contribution in [3.8, 4) is 0 Å². The van der Waals surface area contributed by atoms with Gasteiger partial charge in [-0.05, 0) is 51.7 Å². The number of nitrogens with one attached hydrogen (secondary N) is 4. The third kappa shape index (κ3) is 20.8. The van der Waals surface area contributed by atoms with Crippen LogP contribution in [0.5, 0.6) is 0 Å². The van der Waals surface area contributed by atoms with Crippen LogP contribution in [0.25, 0.3) is 0 Å². The number of nitrogens with zero attached hydrogens (tertiary/aromatic N) is 1. The van der Waals surface area contributed by atoms with Gasteiger partial charge in [-0.15, -0.1) is 0 Å². The standard InChI is InChI=1S/C40H51N5O11/c1-6-23-53-37(49)44-36(45-38(50)54-24-7-2)41-22-14-20-32(35(48)52-25-15-21-34(47)55-28-33(46)30-18-12-9-13-19-30)42-27-31(26-29-16-10-8-11-17-29)43-39(51)56-40(3,4)5/h6-13,15-19,21,31-32,42H,1-2,14,20,22-28H2,3-5H3,(H,43,51)(H2,41,44,45,49,50)/b21-15+/t31-,32-/m0/s1. The van der Waals surface area contributed by atoms with Crippen LogP contribution in [0.3, 0.4) is 0 Å². The Hall–Kier alpha value is -6.29. The lowest BCUT2D eigenvalue weighted by molar-refractivity contribution is -0.145. The molecule has 0 spiro atoms. The average Bonchev–Trinajstić information content (AvgIpc) is 3.16. The summed E-state index contributed by atoms with van der Waals surface area (Å²) >= 11 is 0. The van der Waals surface area contributed by atoms with Crippen molar-refractivity contribution < 1.29 is 52.5 Å². The van der Waals surface area contributed by atoms with E-state index in [1.807, 2.05) is 30.3 Å². The Morgan fingerprint density at radius 2 is 1.39 bits per heavy atom. The van der Waals surface area contributed by atoms with Crippen LogP contribution in [-0.4, -0.2) is 99.2 Å². The number of esters is 2. The first-order chi connectivity index (χ1) is 26.8. The monoisotopic (exact) mass is 777 g/mol. The van der Waals surface area contributed by atoms with E-state index >= 15 is 0 Å². The van der Waals surface area contributed by atoms with Gasteiger partial charge in [-0.2, -0.15) is 0 Å². The molecule has 0 aliphatic carbocycles. The minimum Gasteiger partial charge on any atom is -0.460 e. The van der Waals surface area contributed by atoms with Crippen LogP contribution in [0.2, 0.25) is 0 Å². The highest BCUT2D eigenvalue weighted by Crippen LogP contribution is 2.10. The average molecular weight is 778 g/mol. The van der Waals surface area contributed by atoms with Crippen molar-refractivity contribution >= 4 is 42.0 Å².